The number of aliphatic hydroxyl groups is 1. The topological polar surface area (TPSA) is 33.1 Å². The predicted molar refractivity (Wildman–Crippen MR) is 64.8 cm³/mol. The minimum absolute atomic E-state index is 0.281. The van der Waals surface area contributed by atoms with Crippen LogP contribution < -0.4 is 0 Å². The molecule has 1 N–H and O–H groups in total. The van der Waals surface area contributed by atoms with Crippen molar-refractivity contribution in [1.82, 2.24) is 4.98 Å². The molecule has 2 rings (SSSR count). The number of aromatic nitrogens is 1. The molecule has 0 bridgehead atoms. The highest BCUT2D eigenvalue weighted by molar-refractivity contribution is 6.29. The van der Waals surface area contributed by atoms with Crippen molar-refractivity contribution >= 4 is 11.6 Å². The first-order valence-corrected chi connectivity index (χ1v) is 5.72. The van der Waals surface area contributed by atoms with Gasteiger partial charge in [-0.2, -0.15) is 13.2 Å². The fourth-order valence-electron chi connectivity index (χ4n) is 1.60. The Morgan fingerprint density at radius 2 is 1.58 bits per heavy atom. The number of hydrogen-bond acceptors (Lipinski definition) is 2. The van der Waals surface area contributed by atoms with Crippen LogP contribution in [-0.4, -0.2) is 10.1 Å². The fraction of sp³-hybridized carbons (Fsp3) is 0.154. The Hall–Kier alpha value is -1.59. The average molecular weight is 288 g/mol. The summed E-state index contributed by atoms with van der Waals surface area (Å²) in [4.78, 5) is 3.81. The maximum Gasteiger partial charge on any atom is 0.416 e. The van der Waals surface area contributed by atoms with Crippen LogP contribution in [0.2, 0.25) is 5.15 Å². The van der Waals surface area contributed by atoms with Crippen molar-refractivity contribution < 1.29 is 18.3 Å². The summed E-state index contributed by atoms with van der Waals surface area (Å²) in [5.74, 6) is 0. The van der Waals surface area contributed by atoms with Crippen LogP contribution in [0.15, 0.2) is 42.6 Å². The molecular formula is C13H9ClF3NO. The Morgan fingerprint density at radius 1 is 1.00 bits per heavy atom. The Balaban J connectivity index is 2.25. The minimum atomic E-state index is -4.38. The summed E-state index contributed by atoms with van der Waals surface area (Å²) in [6.07, 6.45) is -4.04. The highest BCUT2D eigenvalue weighted by Gasteiger charge is 2.30. The molecule has 0 aliphatic heterocycles. The summed E-state index contributed by atoms with van der Waals surface area (Å²) in [5.41, 5.74) is 0.0685. The van der Waals surface area contributed by atoms with E-state index in [9.17, 15) is 18.3 Å². The first-order chi connectivity index (χ1) is 8.88. The molecular weight excluding hydrogens is 279 g/mol. The monoisotopic (exact) mass is 287 g/mol. The van der Waals surface area contributed by atoms with Crippen LogP contribution in [0.1, 0.15) is 22.8 Å². The van der Waals surface area contributed by atoms with Crippen molar-refractivity contribution in [2.75, 3.05) is 0 Å². The van der Waals surface area contributed by atoms with E-state index < -0.39 is 17.8 Å². The van der Waals surface area contributed by atoms with Gasteiger partial charge in [-0.3, -0.25) is 0 Å². The third-order valence-electron chi connectivity index (χ3n) is 2.62. The molecule has 0 radical (unpaired) electrons. The summed E-state index contributed by atoms with van der Waals surface area (Å²) in [6.45, 7) is 0. The van der Waals surface area contributed by atoms with E-state index in [1.807, 2.05) is 0 Å². The van der Waals surface area contributed by atoms with E-state index in [0.717, 1.165) is 12.1 Å². The van der Waals surface area contributed by atoms with Gasteiger partial charge < -0.3 is 5.11 Å². The second-order valence-corrected chi connectivity index (χ2v) is 4.32. The van der Waals surface area contributed by atoms with Crippen molar-refractivity contribution in [3.63, 3.8) is 0 Å². The first kappa shape index (κ1) is 13.8. The highest BCUT2D eigenvalue weighted by Crippen LogP contribution is 2.30. The Morgan fingerprint density at radius 3 is 2.05 bits per heavy atom. The van der Waals surface area contributed by atoms with Crippen molar-refractivity contribution in [2.45, 2.75) is 12.3 Å². The number of alkyl halides is 3. The third-order valence-corrected chi connectivity index (χ3v) is 2.84. The zero-order chi connectivity index (χ0) is 14.0. The second kappa shape index (κ2) is 5.19. The number of halogens is 4. The maximum absolute atomic E-state index is 12.4. The van der Waals surface area contributed by atoms with Gasteiger partial charge in [0.25, 0.3) is 0 Å². The lowest BCUT2D eigenvalue weighted by Crippen LogP contribution is -2.06. The number of benzene rings is 1. The molecule has 2 nitrogen and oxygen atoms in total. The van der Waals surface area contributed by atoms with E-state index in [4.69, 9.17) is 11.6 Å². The molecule has 0 spiro atoms. The van der Waals surface area contributed by atoms with Crippen LogP contribution in [0.25, 0.3) is 0 Å². The van der Waals surface area contributed by atoms with E-state index >= 15 is 0 Å². The van der Waals surface area contributed by atoms with E-state index in [2.05, 4.69) is 4.98 Å². The third kappa shape index (κ3) is 3.24. The summed E-state index contributed by atoms with van der Waals surface area (Å²) in [6, 6.07) is 7.41. The summed E-state index contributed by atoms with van der Waals surface area (Å²) in [5, 5.41) is 10.3. The van der Waals surface area contributed by atoms with Gasteiger partial charge in [0.05, 0.1) is 5.56 Å². The number of hydrogen-bond donors (Lipinski definition) is 1. The molecule has 1 atom stereocenters. The van der Waals surface area contributed by atoms with Gasteiger partial charge >= 0.3 is 6.18 Å². The molecule has 0 saturated carbocycles. The smallest absolute Gasteiger partial charge is 0.384 e. The Labute approximate surface area is 112 Å². The van der Waals surface area contributed by atoms with Crippen molar-refractivity contribution in [3.05, 3.63) is 64.4 Å². The molecule has 1 unspecified atom stereocenters. The minimum Gasteiger partial charge on any atom is -0.384 e. The average Bonchev–Trinajstić information content (AvgIpc) is 2.38. The van der Waals surface area contributed by atoms with Gasteiger partial charge in [0.15, 0.2) is 0 Å². The normalized spacial score (nSPS) is 13.3. The number of aliphatic hydroxyl groups excluding tert-OH is 1. The first-order valence-electron chi connectivity index (χ1n) is 5.34. The standard InChI is InChI=1S/C13H9ClF3NO/c14-11-6-3-9(7-18-11)12(19)8-1-4-10(5-2-8)13(15,16)17/h1-7,12,19H. The van der Waals surface area contributed by atoms with Gasteiger partial charge in [-0.05, 0) is 23.8 Å². The van der Waals surface area contributed by atoms with Crippen molar-refractivity contribution in [1.29, 1.82) is 0 Å². The molecule has 1 heterocycles. The van der Waals surface area contributed by atoms with Gasteiger partial charge in [-0.15, -0.1) is 0 Å². The van der Waals surface area contributed by atoms with Gasteiger partial charge in [0, 0.05) is 11.8 Å². The molecule has 0 aliphatic carbocycles. The van der Waals surface area contributed by atoms with E-state index in [1.165, 1.54) is 24.4 Å². The van der Waals surface area contributed by atoms with E-state index in [-0.39, 0.29) is 5.15 Å². The lowest BCUT2D eigenvalue weighted by molar-refractivity contribution is -0.137. The maximum atomic E-state index is 12.4. The number of pyridine rings is 1. The zero-order valence-electron chi connectivity index (χ0n) is 9.53. The SMILES string of the molecule is OC(c1ccc(C(F)(F)F)cc1)c1ccc(Cl)nc1. The molecule has 2 aromatic rings. The quantitative estimate of drug-likeness (QED) is 0.852. The van der Waals surface area contributed by atoms with Crippen molar-refractivity contribution in [2.24, 2.45) is 0 Å². The van der Waals surface area contributed by atoms with E-state index in [0.29, 0.717) is 11.1 Å². The summed E-state index contributed by atoms with van der Waals surface area (Å²) < 4.78 is 37.2. The van der Waals surface area contributed by atoms with Crippen molar-refractivity contribution in [3.8, 4) is 0 Å². The van der Waals surface area contributed by atoms with Crippen LogP contribution in [0.3, 0.4) is 0 Å². The lowest BCUT2D eigenvalue weighted by atomic mass is 10.0. The molecule has 19 heavy (non-hydrogen) atoms. The second-order valence-electron chi connectivity index (χ2n) is 3.94. The number of rotatable bonds is 2. The largest absolute Gasteiger partial charge is 0.416 e. The Bertz CT molecular complexity index is 552. The number of nitrogens with zero attached hydrogens (tertiary/aromatic N) is 1. The molecule has 100 valence electrons. The molecule has 0 aliphatic rings. The van der Waals surface area contributed by atoms with Gasteiger partial charge in [-0.25, -0.2) is 4.98 Å². The van der Waals surface area contributed by atoms with Crippen LogP contribution >= 0.6 is 11.6 Å². The van der Waals surface area contributed by atoms with Crippen LogP contribution in [0.4, 0.5) is 13.2 Å². The molecule has 0 fully saturated rings. The lowest BCUT2D eigenvalue weighted by Gasteiger charge is -2.12. The van der Waals surface area contributed by atoms with Gasteiger partial charge in [0.2, 0.25) is 0 Å². The molecule has 0 amide bonds. The molecule has 6 heteroatoms. The highest BCUT2D eigenvalue weighted by atomic mass is 35.5. The zero-order valence-corrected chi connectivity index (χ0v) is 10.3. The molecule has 0 saturated heterocycles. The summed E-state index contributed by atoms with van der Waals surface area (Å²) >= 11 is 5.62. The molecule has 1 aromatic heterocycles. The van der Waals surface area contributed by atoms with Gasteiger partial charge in [0.1, 0.15) is 11.3 Å². The van der Waals surface area contributed by atoms with Crippen LogP contribution in [0, 0.1) is 0 Å². The van der Waals surface area contributed by atoms with E-state index in [1.54, 1.807) is 6.07 Å². The fourth-order valence-corrected chi connectivity index (χ4v) is 1.71. The summed E-state index contributed by atoms with van der Waals surface area (Å²) in [7, 11) is 0. The van der Waals surface area contributed by atoms with Gasteiger partial charge in [-0.1, -0.05) is 29.8 Å². The predicted octanol–water partition coefficient (Wildman–Crippen LogP) is 3.84. The van der Waals surface area contributed by atoms with Crippen LogP contribution in [0.5, 0.6) is 0 Å². The van der Waals surface area contributed by atoms with Crippen LogP contribution in [-0.2, 0) is 6.18 Å². The molecule has 1 aromatic carbocycles. The Kier molecular flexibility index (Phi) is 3.78.